The fourth-order valence-corrected chi connectivity index (χ4v) is 4.69. The van der Waals surface area contributed by atoms with Crippen LogP contribution in [-0.2, 0) is 41.6 Å². The zero-order chi connectivity index (χ0) is 23.9. The second-order valence-corrected chi connectivity index (χ2v) is 8.88. The van der Waals surface area contributed by atoms with Gasteiger partial charge in [0.25, 0.3) is 0 Å². The van der Waals surface area contributed by atoms with Crippen LogP contribution < -0.4 is 0 Å². The van der Waals surface area contributed by atoms with E-state index in [1.165, 1.54) is 0 Å². The minimum absolute atomic E-state index is 0.178. The summed E-state index contributed by atoms with van der Waals surface area (Å²) in [7, 11) is 1.65. The van der Waals surface area contributed by atoms with E-state index >= 15 is 0 Å². The van der Waals surface area contributed by atoms with Gasteiger partial charge < -0.3 is 28.4 Å². The second kappa shape index (κ2) is 11.9. The number of methoxy groups -OCH3 is 1. The first-order valence-corrected chi connectivity index (χ1v) is 12.1. The third-order valence-electron chi connectivity index (χ3n) is 6.47. The molecule has 0 N–H and O–H groups in total. The molecule has 6 atom stereocenters. The summed E-state index contributed by atoms with van der Waals surface area (Å²) < 4.78 is 37.2. The van der Waals surface area contributed by atoms with Crippen molar-refractivity contribution in [3.8, 4) is 0 Å². The van der Waals surface area contributed by atoms with Crippen molar-refractivity contribution < 1.29 is 28.4 Å². The molecule has 35 heavy (non-hydrogen) atoms. The molecule has 2 aliphatic rings. The van der Waals surface area contributed by atoms with Crippen LogP contribution in [0.5, 0.6) is 0 Å². The van der Waals surface area contributed by atoms with Crippen LogP contribution in [0.25, 0.3) is 0 Å². The molecule has 5 rings (SSSR count). The molecule has 0 radical (unpaired) electrons. The number of hydrogen-bond donors (Lipinski definition) is 0. The van der Waals surface area contributed by atoms with Crippen molar-refractivity contribution in [3.63, 3.8) is 0 Å². The Morgan fingerprint density at radius 2 is 1.40 bits per heavy atom. The van der Waals surface area contributed by atoms with E-state index in [-0.39, 0.29) is 24.2 Å². The van der Waals surface area contributed by atoms with Crippen molar-refractivity contribution in [1.29, 1.82) is 0 Å². The standard InChI is InChI=1S/C29H32O6/c1-30-29-24(19-31-17-21-11-5-2-6-12-21)26(32-18-22-13-7-3-8-14-22)27-25(34-29)20-33-28(35-27)23-15-9-4-10-16-23/h2-16,24-29H,17-20H2,1H3/t24-,25-,26-,27-,28-,29+/m1/s1. The van der Waals surface area contributed by atoms with E-state index in [0.29, 0.717) is 26.4 Å². The van der Waals surface area contributed by atoms with Crippen molar-refractivity contribution in [1.82, 2.24) is 0 Å². The Morgan fingerprint density at radius 3 is 2.06 bits per heavy atom. The van der Waals surface area contributed by atoms with Crippen molar-refractivity contribution in [3.05, 3.63) is 108 Å². The first-order chi connectivity index (χ1) is 17.3. The van der Waals surface area contributed by atoms with E-state index in [1.807, 2.05) is 66.7 Å². The Bertz CT molecular complexity index is 1020. The lowest BCUT2D eigenvalue weighted by Crippen LogP contribution is -2.61. The summed E-state index contributed by atoms with van der Waals surface area (Å²) in [6.07, 6.45) is -1.90. The molecule has 6 heteroatoms. The van der Waals surface area contributed by atoms with E-state index in [9.17, 15) is 0 Å². The zero-order valence-corrected chi connectivity index (χ0v) is 19.9. The van der Waals surface area contributed by atoms with Crippen LogP contribution in [0.4, 0.5) is 0 Å². The molecule has 6 nitrogen and oxygen atoms in total. The molecule has 2 fully saturated rings. The average molecular weight is 477 g/mol. The van der Waals surface area contributed by atoms with Crippen molar-refractivity contribution in [2.45, 2.75) is 44.1 Å². The maximum Gasteiger partial charge on any atom is 0.184 e. The van der Waals surface area contributed by atoms with E-state index in [1.54, 1.807) is 7.11 Å². The van der Waals surface area contributed by atoms with Gasteiger partial charge in [0.1, 0.15) is 12.2 Å². The van der Waals surface area contributed by atoms with Crippen LogP contribution in [0, 0.1) is 5.92 Å². The predicted octanol–water partition coefficient (Wildman–Crippen LogP) is 4.89. The third kappa shape index (κ3) is 5.98. The lowest BCUT2D eigenvalue weighted by atomic mass is 9.90. The summed E-state index contributed by atoms with van der Waals surface area (Å²) in [6.45, 7) is 1.77. The van der Waals surface area contributed by atoms with Crippen LogP contribution in [0.3, 0.4) is 0 Å². The summed E-state index contributed by atoms with van der Waals surface area (Å²) in [6, 6.07) is 30.2. The maximum absolute atomic E-state index is 6.55. The van der Waals surface area contributed by atoms with Gasteiger partial charge in [-0.25, -0.2) is 0 Å². The molecule has 2 saturated heterocycles. The van der Waals surface area contributed by atoms with Crippen LogP contribution in [-0.4, -0.2) is 44.9 Å². The number of benzene rings is 3. The first-order valence-electron chi connectivity index (χ1n) is 12.1. The smallest absolute Gasteiger partial charge is 0.184 e. The predicted molar refractivity (Wildman–Crippen MR) is 130 cm³/mol. The minimum atomic E-state index is -0.492. The van der Waals surface area contributed by atoms with Crippen LogP contribution >= 0.6 is 0 Å². The quantitative estimate of drug-likeness (QED) is 0.438. The van der Waals surface area contributed by atoms with Gasteiger partial charge in [-0.3, -0.25) is 0 Å². The molecule has 0 aliphatic carbocycles. The molecule has 0 spiro atoms. The highest BCUT2D eigenvalue weighted by Crippen LogP contribution is 2.38. The molecule has 184 valence electrons. The highest BCUT2D eigenvalue weighted by Gasteiger charge is 2.50. The van der Waals surface area contributed by atoms with Gasteiger partial charge in [-0.2, -0.15) is 0 Å². The Morgan fingerprint density at radius 1 is 0.771 bits per heavy atom. The summed E-state index contributed by atoms with van der Waals surface area (Å²) in [4.78, 5) is 0. The first kappa shape index (κ1) is 24.1. The van der Waals surface area contributed by atoms with Gasteiger partial charge in [0.2, 0.25) is 0 Å². The zero-order valence-electron chi connectivity index (χ0n) is 19.9. The summed E-state index contributed by atoms with van der Waals surface area (Å²) >= 11 is 0. The van der Waals surface area contributed by atoms with Crippen molar-refractivity contribution in [2.75, 3.05) is 20.3 Å². The van der Waals surface area contributed by atoms with Gasteiger partial charge in [-0.1, -0.05) is 91.0 Å². The normalized spacial score (nSPS) is 28.4. The van der Waals surface area contributed by atoms with Gasteiger partial charge in [-0.05, 0) is 11.1 Å². The Balaban J connectivity index is 1.35. The van der Waals surface area contributed by atoms with Gasteiger partial charge in [-0.15, -0.1) is 0 Å². The van der Waals surface area contributed by atoms with Crippen LogP contribution in [0.2, 0.25) is 0 Å². The lowest BCUT2D eigenvalue weighted by molar-refractivity contribution is -0.359. The van der Waals surface area contributed by atoms with E-state index < -0.39 is 12.6 Å². The maximum atomic E-state index is 6.55. The van der Waals surface area contributed by atoms with Gasteiger partial charge in [0, 0.05) is 12.7 Å². The van der Waals surface area contributed by atoms with Gasteiger partial charge in [0.05, 0.1) is 38.4 Å². The van der Waals surface area contributed by atoms with Crippen molar-refractivity contribution >= 4 is 0 Å². The minimum Gasteiger partial charge on any atom is -0.376 e. The summed E-state index contributed by atoms with van der Waals surface area (Å²) in [5.74, 6) is -0.178. The molecule has 0 amide bonds. The molecule has 3 aromatic rings. The highest BCUT2D eigenvalue weighted by molar-refractivity contribution is 5.17. The van der Waals surface area contributed by atoms with Crippen molar-refractivity contribution in [2.24, 2.45) is 5.92 Å². The van der Waals surface area contributed by atoms with E-state index in [4.69, 9.17) is 28.4 Å². The lowest BCUT2D eigenvalue weighted by Gasteiger charge is -2.49. The molecular weight excluding hydrogens is 444 g/mol. The Hall–Kier alpha value is -2.58. The molecule has 2 heterocycles. The van der Waals surface area contributed by atoms with E-state index in [2.05, 4.69) is 24.3 Å². The molecule has 3 aromatic carbocycles. The molecule has 0 saturated carbocycles. The monoisotopic (exact) mass is 476 g/mol. The van der Waals surface area contributed by atoms with Gasteiger partial charge in [0.15, 0.2) is 12.6 Å². The number of fused-ring (bicyclic) bond motifs is 1. The topological polar surface area (TPSA) is 55.4 Å². The molecule has 0 bridgehead atoms. The highest BCUT2D eigenvalue weighted by atomic mass is 16.7. The van der Waals surface area contributed by atoms with E-state index in [0.717, 1.165) is 16.7 Å². The SMILES string of the molecule is CO[C@H]1O[C@@H]2CO[C@@H](c3ccccc3)O[C@H]2[C@H](OCc2ccccc2)[C@H]1COCc1ccccc1. The number of rotatable bonds is 9. The number of hydrogen-bond acceptors (Lipinski definition) is 6. The summed E-state index contributed by atoms with van der Waals surface area (Å²) in [5, 5.41) is 0. The second-order valence-electron chi connectivity index (χ2n) is 8.88. The fraction of sp³-hybridized carbons (Fsp3) is 0.379. The van der Waals surface area contributed by atoms with Crippen LogP contribution in [0.15, 0.2) is 91.0 Å². The largest absolute Gasteiger partial charge is 0.376 e. The van der Waals surface area contributed by atoms with Gasteiger partial charge >= 0.3 is 0 Å². The average Bonchev–Trinajstić information content (AvgIpc) is 2.93. The molecule has 0 aromatic heterocycles. The Labute approximate surface area is 206 Å². The molecular formula is C29H32O6. The number of ether oxygens (including phenoxy) is 6. The molecule has 0 unspecified atom stereocenters. The molecule has 2 aliphatic heterocycles. The summed E-state index contributed by atoms with van der Waals surface area (Å²) in [5.41, 5.74) is 3.18. The Kier molecular flexibility index (Phi) is 8.21. The fourth-order valence-electron chi connectivity index (χ4n) is 4.69. The third-order valence-corrected chi connectivity index (χ3v) is 6.47. The van der Waals surface area contributed by atoms with Crippen LogP contribution in [0.1, 0.15) is 23.0 Å².